The highest BCUT2D eigenvalue weighted by Crippen LogP contribution is 2.25. The zero-order chi connectivity index (χ0) is 21.9. The van der Waals surface area contributed by atoms with Gasteiger partial charge in [-0.2, -0.15) is 4.68 Å². The van der Waals surface area contributed by atoms with Crippen molar-refractivity contribution in [2.75, 3.05) is 0 Å². The predicted octanol–water partition coefficient (Wildman–Crippen LogP) is 4.22. The summed E-state index contributed by atoms with van der Waals surface area (Å²) < 4.78 is 3.37. The molecule has 32 heavy (non-hydrogen) atoms. The van der Waals surface area contributed by atoms with E-state index in [0.29, 0.717) is 27.6 Å². The van der Waals surface area contributed by atoms with E-state index in [1.165, 1.54) is 17.3 Å². The van der Waals surface area contributed by atoms with Crippen LogP contribution in [0.4, 0.5) is 0 Å². The highest BCUT2D eigenvalue weighted by atomic mass is 32.2. The average Bonchev–Trinajstić information content (AvgIpc) is 3.32. The zero-order valence-corrected chi connectivity index (χ0v) is 18.2. The van der Waals surface area contributed by atoms with Crippen LogP contribution in [-0.4, -0.2) is 29.8 Å². The molecule has 0 aliphatic heterocycles. The molecule has 0 atom stereocenters. The van der Waals surface area contributed by atoms with Crippen molar-refractivity contribution in [3.63, 3.8) is 0 Å². The highest BCUT2D eigenvalue weighted by Gasteiger charge is 2.16. The molecule has 8 heteroatoms. The van der Waals surface area contributed by atoms with Crippen molar-refractivity contribution in [3.8, 4) is 11.4 Å². The molecule has 2 aromatic heterocycles. The van der Waals surface area contributed by atoms with Crippen LogP contribution in [0.1, 0.15) is 18.3 Å². The van der Waals surface area contributed by atoms with E-state index in [1.54, 1.807) is 9.25 Å². The first kappa shape index (κ1) is 20.1. The van der Waals surface area contributed by atoms with Gasteiger partial charge in [0.15, 0.2) is 11.0 Å². The first-order valence-corrected chi connectivity index (χ1v) is 11.3. The Kier molecular flexibility index (Phi) is 5.51. The van der Waals surface area contributed by atoms with Gasteiger partial charge in [0.2, 0.25) is 0 Å². The molecule has 0 bridgehead atoms. The monoisotopic (exact) mass is 440 g/mol. The van der Waals surface area contributed by atoms with Crippen molar-refractivity contribution in [1.82, 2.24) is 29.8 Å². The summed E-state index contributed by atoms with van der Waals surface area (Å²) in [6.07, 6.45) is 0.939. The summed E-state index contributed by atoms with van der Waals surface area (Å²) in [6, 6.07) is 25.2. The fraction of sp³-hybridized carbons (Fsp3) is 0.125. The third kappa shape index (κ3) is 3.80. The summed E-state index contributed by atoms with van der Waals surface area (Å²) in [7, 11) is 0. The molecule has 0 saturated heterocycles. The van der Waals surface area contributed by atoms with E-state index in [1.807, 2.05) is 78.9 Å². The second-order valence-corrected chi connectivity index (χ2v) is 8.15. The fourth-order valence-corrected chi connectivity index (χ4v) is 4.43. The van der Waals surface area contributed by atoms with Crippen LogP contribution in [0.25, 0.3) is 22.3 Å². The summed E-state index contributed by atoms with van der Waals surface area (Å²) in [6.45, 7) is 2.11. The maximum atomic E-state index is 13.4. The first-order chi connectivity index (χ1) is 15.7. The topological polar surface area (TPSA) is 78.5 Å². The van der Waals surface area contributed by atoms with Gasteiger partial charge >= 0.3 is 0 Å². The van der Waals surface area contributed by atoms with Gasteiger partial charge in [0.1, 0.15) is 0 Å². The summed E-state index contributed by atoms with van der Waals surface area (Å²) in [4.78, 5) is 18.2. The Morgan fingerprint density at radius 3 is 2.41 bits per heavy atom. The Labute approximate surface area is 188 Å². The van der Waals surface area contributed by atoms with Crippen LogP contribution in [0.2, 0.25) is 0 Å². The van der Waals surface area contributed by atoms with E-state index in [-0.39, 0.29) is 5.56 Å². The molecular weight excluding hydrogens is 420 g/mol. The van der Waals surface area contributed by atoms with Gasteiger partial charge in [-0.15, -0.1) is 5.10 Å². The third-order valence-corrected chi connectivity index (χ3v) is 6.15. The molecule has 0 radical (unpaired) electrons. The van der Waals surface area contributed by atoms with Crippen molar-refractivity contribution in [1.29, 1.82) is 0 Å². The lowest BCUT2D eigenvalue weighted by Gasteiger charge is -2.13. The van der Waals surface area contributed by atoms with Gasteiger partial charge in [0, 0.05) is 0 Å². The van der Waals surface area contributed by atoms with Gasteiger partial charge in [-0.3, -0.25) is 9.36 Å². The van der Waals surface area contributed by atoms with Gasteiger partial charge in [-0.1, -0.05) is 61.2 Å². The molecule has 0 saturated carbocycles. The number of rotatable bonds is 6. The third-order valence-electron chi connectivity index (χ3n) is 5.21. The average molecular weight is 441 g/mol. The van der Waals surface area contributed by atoms with E-state index >= 15 is 0 Å². The summed E-state index contributed by atoms with van der Waals surface area (Å²) in [5.41, 5.74) is 3.46. The van der Waals surface area contributed by atoms with Gasteiger partial charge in [-0.05, 0) is 58.8 Å². The number of hydrogen-bond acceptors (Lipinski definition) is 6. The van der Waals surface area contributed by atoms with Gasteiger partial charge < -0.3 is 0 Å². The quantitative estimate of drug-likeness (QED) is 0.291. The van der Waals surface area contributed by atoms with Crippen LogP contribution >= 0.6 is 11.8 Å². The molecule has 0 spiro atoms. The highest BCUT2D eigenvalue weighted by molar-refractivity contribution is 7.98. The van der Waals surface area contributed by atoms with Crippen LogP contribution in [-0.2, 0) is 12.2 Å². The first-order valence-electron chi connectivity index (χ1n) is 10.3. The molecule has 0 unspecified atom stereocenters. The van der Waals surface area contributed by atoms with E-state index in [2.05, 4.69) is 22.4 Å². The maximum Gasteiger partial charge on any atom is 0.266 e. The van der Waals surface area contributed by atoms with Gasteiger partial charge in [0.05, 0.1) is 28.0 Å². The number of fused-ring (bicyclic) bond motifs is 1. The Morgan fingerprint density at radius 1 is 0.875 bits per heavy atom. The number of para-hydroxylation sites is 2. The largest absolute Gasteiger partial charge is 0.268 e. The lowest BCUT2D eigenvalue weighted by atomic mass is 10.1. The van der Waals surface area contributed by atoms with E-state index < -0.39 is 0 Å². The number of thioether (sulfide) groups is 1. The second kappa shape index (κ2) is 8.76. The number of aromatic nitrogens is 6. The van der Waals surface area contributed by atoms with Crippen molar-refractivity contribution in [2.24, 2.45) is 0 Å². The number of aryl methyl sites for hydroxylation is 1. The maximum absolute atomic E-state index is 13.4. The Bertz CT molecular complexity index is 1430. The van der Waals surface area contributed by atoms with Crippen LogP contribution in [0.15, 0.2) is 88.8 Å². The summed E-state index contributed by atoms with van der Waals surface area (Å²) in [5.74, 6) is 1.14. The molecular formula is C24H20N6OS. The Morgan fingerprint density at radius 2 is 1.62 bits per heavy atom. The molecule has 2 heterocycles. The molecule has 0 N–H and O–H groups in total. The van der Waals surface area contributed by atoms with Crippen molar-refractivity contribution in [3.05, 3.63) is 101 Å². The van der Waals surface area contributed by atoms with Crippen molar-refractivity contribution < 1.29 is 0 Å². The molecule has 0 fully saturated rings. The van der Waals surface area contributed by atoms with Gasteiger partial charge in [-0.25, -0.2) is 4.98 Å². The normalized spacial score (nSPS) is 11.2. The molecule has 0 aliphatic carbocycles. The number of hydrogen-bond donors (Lipinski definition) is 0. The van der Waals surface area contributed by atoms with Crippen molar-refractivity contribution in [2.45, 2.75) is 24.3 Å². The van der Waals surface area contributed by atoms with Crippen molar-refractivity contribution >= 4 is 22.7 Å². The minimum Gasteiger partial charge on any atom is -0.268 e. The SMILES string of the molecule is CCc1ccc(-n2c(SCc3nnnn3-c3ccccc3)nc3ccccc3c2=O)cc1. The van der Waals surface area contributed by atoms with E-state index in [9.17, 15) is 4.79 Å². The summed E-state index contributed by atoms with van der Waals surface area (Å²) in [5, 5.41) is 13.3. The zero-order valence-electron chi connectivity index (χ0n) is 17.4. The van der Waals surface area contributed by atoms with Crippen LogP contribution in [0.5, 0.6) is 0 Å². The molecule has 158 valence electrons. The molecule has 5 rings (SSSR count). The van der Waals surface area contributed by atoms with Gasteiger partial charge in [0.25, 0.3) is 5.56 Å². The number of nitrogens with zero attached hydrogens (tertiary/aromatic N) is 6. The smallest absolute Gasteiger partial charge is 0.266 e. The Balaban J connectivity index is 1.57. The lowest BCUT2D eigenvalue weighted by Crippen LogP contribution is -2.21. The number of benzene rings is 3. The van der Waals surface area contributed by atoms with E-state index in [0.717, 1.165) is 17.8 Å². The fourth-order valence-electron chi connectivity index (χ4n) is 3.51. The molecule has 0 aliphatic rings. The number of tetrazole rings is 1. The summed E-state index contributed by atoms with van der Waals surface area (Å²) >= 11 is 1.44. The predicted molar refractivity (Wildman–Crippen MR) is 125 cm³/mol. The lowest BCUT2D eigenvalue weighted by molar-refractivity contribution is 0.776. The minimum absolute atomic E-state index is 0.0926. The molecule has 5 aromatic rings. The van der Waals surface area contributed by atoms with E-state index in [4.69, 9.17) is 4.98 Å². The molecule has 7 nitrogen and oxygen atoms in total. The van der Waals surface area contributed by atoms with Crippen LogP contribution in [0.3, 0.4) is 0 Å². The van der Waals surface area contributed by atoms with Crippen LogP contribution < -0.4 is 5.56 Å². The molecule has 3 aromatic carbocycles. The minimum atomic E-state index is -0.0926. The standard InChI is InChI=1S/C24H20N6OS/c1-2-17-12-14-18(15-13-17)29-23(31)20-10-6-7-11-21(20)25-24(29)32-16-22-26-27-28-30(22)19-8-4-3-5-9-19/h3-15H,2,16H2,1H3. The second-order valence-electron chi connectivity index (χ2n) is 7.20. The van der Waals surface area contributed by atoms with Crippen LogP contribution in [0, 0.1) is 0 Å². The molecule has 0 amide bonds. The Hall–Kier alpha value is -3.78.